The van der Waals surface area contributed by atoms with Crippen LogP contribution in [0.2, 0.25) is 0 Å². The molecule has 0 saturated carbocycles. The summed E-state index contributed by atoms with van der Waals surface area (Å²) < 4.78 is 0. The molecule has 0 spiro atoms. The van der Waals surface area contributed by atoms with Crippen LogP contribution in [0, 0.1) is 0 Å². The van der Waals surface area contributed by atoms with E-state index in [4.69, 9.17) is 15.9 Å². The Morgan fingerprint density at radius 3 is 2.36 bits per heavy atom. The van der Waals surface area contributed by atoms with Crippen LogP contribution >= 0.6 is 0 Å². The molecule has 0 aliphatic heterocycles. The Morgan fingerprint density at radius 1 is 1.21 bits per heavy atom. The second-order valence-electron chi connectivity index (χ2n) is 3.80. The SMILES string of the molecule is CCCCC[C@H](O)[C@H](N)C[C@H](O)CO. The van der Waals surface area contributed by atoms with Crippen molar-refractivity contribution in [1.29, 1.82) is 0 Å². The molecule has 0 aromatic carbocycles. The largest absolute Gasteiger partial charge is 0.394 e. The molecule has 0 aliphatic rings. The standard InChI is InChI=1S/C10H23NO3/c1-2-3-4-5-10(14)9(11)6-8(13)7-12/h8-10,12-14H,2-7,11H2,1H3/t8-,9+,10-/m0/s1. The van der Waals surface area contributed by atoms with Crippen molar-refractivity contribution in [3.8, 4) is 0 Å². The van der Waals surface area contributed by atoms with E-state index in [1.165, 1.54) is 0 Å². The van der Waals surface area contributed by atoms with E-state index in [1.807, 2.05) is 0 Å². The third-order valence-corrected chi connectivity index (χ3v) is 2.35. The molecule has 0 fully saturated rings. The van der Waals surface area contributed by atoms with Gasteiger partial charge in [0.2, 0.25) is 0 Å². The number of unbranched alkanes of at least 4 members (excludes halogenated alkanes) is 2. The normalized spacial score (nSPS) is 17.8. The zero-order valence-electron chi connectivity index (χ0n) is 8.89. The smallest absolute Gasteiger partial charge is 0.0786 e. The maximum Gasteiger partial charge on any atom is 0.0786 e. The van der Waals surface area contributed by atoms with Crippen LogP contribution in [0.4, 0.5) is 0 Å². The second-order valence-corrected chi connectivity index (χ2v) is 3.80. The summed E-state index contributed by atoms with van der Waals surface area (Å²) in [6, 6.07) is -0.436. The summed E-state index contributed by atoms with van der Waals surface area (Å²) in [4.78, 5) is 0. The summed E-state index contributed by atoms with van der Waals surface area (Å²) in [5, 5.41) is 27.3. The van der Waals surface area contributed by atoms with E-state index >= 15 is 0 Å². The van der Waals surface area contributed by atoms with Gasteiger partial charge in [-0.15, -0.1) is 0 Å². The van der Waals surface area contributed by atoms with E-state index in [0.717, 1.165) is 19.3 Å². The number of aliphatic hydroxyl groups excluding tert-OH is 3. The highest BCUT2D eigenvalue weighted by Crippen LogP contribution is 2.09. The molecule has 0 aromatic rings. The molecule has 0 amide bonds. The van der Waals surface area contributed by atoms with Crippen LogP contribution in [0.1, 0.15) is 39.0 Å². The van der Waals surface area contributed by atoms with Gasteiger partial charge in [-0.2, -0.15) is 0 Å². The van der Waals surface area contributed by atoms with Crippen LogP contribution in [-0.4, -0.2) is 40.2 Å². The number of nitrogens with two attached hydrogens (primary N) is 1. The van der Waals surface area contributed by atoms with E-state index in [1.54, 1.807) is 0 Å². The highest BCUT2D eigenvalue weighted by Gasteiger charge is 2.17. The van der Waals surface area contributed by atoms with Crippen molar-refractivity contribution < 1.29 is 15.3 Å². The highest BCUT2D eigenvalue weighted by atomic mass is 16.3. The van der Waals surface area contributed by atoms with Crippen molar-refractivity contribution in [2.24, 2.45) is 5.73 Å². The Kier molecular flexibility index (Phi) is 8.08. The maximum atomic E-state index is 9.57. The summed E-state index contributed by atoms with van der Waals surface area (Å²) >= 11 is 0. The van der Waals surface area contributed by atoms with Gasteiger partial charge in [0, 0.05) is 6.04 Å². The minimum absolute atomic E-state index is 0.254. The van der Waals surface area contributed by atoms with Gasteiger partial charge in [0.15, 0.2) is 0 Å². The molecule has 86 valence electrons. The average molecular weight is 205 g/mol. The van der Waals surface area contributed by atoms with Crippen molar-refractivity contribution >= 4 is 0 Å². The Hall–Kier alpha value is -0.160. The molecule has 5 N–H and O–H groups in total. The van der Waals surface area contributed by atoms with Crippen LogP contribution in [-0.2, 0) is 0 Å². The molecule has 4 heteroatoms. The van der Waals surface area contributed by atoms with Crippen molar-refractivity contribution in [2.75, 3.05) is 6.61 Å². The van der Waals surface area contributed by atoms with Crippen molar-refractivity contribution in [1.82, 2.24) is 0 Å². The Morgan fingerprint density at radius 2 is 1.86 bits per heavy atom. The van der Waals surface area contributed by atoms with Gasteiger partial charge in [-0.05, 0) is 12.8 Å². The van der Waals surface area contributed by atoms with Crippen LogP contribution in [0.3, 0.4) is 0 Å². The van der Waals surface area contributed by atoms with Gasteiger partial charge < -0.3 is 21.1 Å². The number of aliphatic hydroxyl groups is 3. The Labute approximate surface area is 85.7 Å². The van der Waals surface area contributed by atoms with E-state index in [0.29, 0.717) is 6.42 Å². The van der Waals surface area contributed by atoms with Crippen molar-refractivity contribution in [2.45, 2.75) is 57.3 Å². The highest BCUT2D eigenvalue weighted by molar-refractivity contribution is 4.74. The molecule has 0 radical (unpaired) electrons. The molecule has 0 aliphatic carbocycles. The monoisotopic (exact) mass is 205 g/mol. The summed E-state index contributed by atoms with van der Waals surface area (Å²) in [5.41, 5.74) is 5.65. The lowest BCUT2D eigenvalue weighted by molar-refractivity contribution is 0.0547. The molecule has 0 heterocycles. The van der Waals surface area contributed by atoms with Gasteiger partial charge in [-0.3, -0.25) is 0 Å². The van der Waals surface area contributed by atoms with E-state index in [-0.39, 0.29) is 13.0 Å². The molecule has 0 aromatic heterocycles. The molecule has 0 bridgehead atoms. The number of rotatable bonds is 8. The Bertz CT molecular complexity index is 133. The first-order valence-corrected chi connectivity index (χ1v) is 5.34. The van der Waals surface area contributed by atoms with Gasteiger partial charge in [0.05, 0.1) is 18.8 Å². The van der Waals surface area contributed by atoms with E-state index in [2.05, 4.69) is 6.92 Å². The topological polar surface area (TPSA) is 86.7 Å². The summed E-state index contributed by atoms with van der Waals surface area (Å²) in [6.07, 6.45) is 2.71. The predicted molar refractivity (Wildman–Crippen MR) is 55.8 cm³/mol. The van der Waals surface area contributed by atoms with Gasteiger partial charge >= 0.3 is 0 Å². The lowest BCUT2D eigenvalue weighted by atomic mass is 10.00. The number of hydrogen-bond acceptors (Lipinski definition) is 4. The third kappa shape index (κ3) is 6.32. The minimum Gasteiger partial charge on any atom is -0.394 e. The first-order valence-electron chi connectivity index (χ1n) is 5.34. The van der Waals surface area contributed by atoms with E-state index in [9.17, 15) is 5.11 Å². The molecular formula is C10H23NO3. The quantitative estimate of drug-likeness (QED) is 0.420. The first kappa shape index (κ1) is 13.8. The lowest BCUT2D eigenvalue weighted by Crippen LogP contribution is -2.38. The zero-order chi connectivity index (χ0) is 11.0. The number of hydrogen-bond donors (Lipinski definition) is 4. The summed E-state index contributed by atoms with van der Waals surface area (Å²) in [6.45, 7) is 1.80. The van der Waals surface area contributed by atoms with Crippen molar-refractivity contribution in [3.63, 3.8) is 0 Å². The van der Waals surface area contributed by atoms with Crippen LogP contribution in [0.15, 0.2) is 0 Å². The van der Waals surface area contributed by atoms with Crippen LogP contribution < -0.4 is 5.73 Å². The molecule has 0 saturated heterocycles. The summed E-state index contributed by atoms with van der Waals surface area (Å²) in [5.74, 6) is 0. The molecule has 0 rings (SSSR count). The predicted octanol–water partition coefficient (Wildman–Crippen LogP) is -0.00180. The second kappa shape index (κ2) is 8.17. The van der Waals surface area contributed by atoms with Gasteiger partial charge in [-0.1, -0.05) is 26.2 Å². The fourth-order valence-corrected chi connectivity index (χ4v) is 1.36. The van der Waals surface area contributed by atoms with Gasteiger partial charge in [0.1, 0.15) is 0 Å². The molecule has 3 atom stereocenters. The maximum absolute atomic E-state index is 9.57. The first-order chi connectivity index (χ1) is 6.61. The Balaban J connectivity index is 3.58. The van der Waals surface area contributed by atoms with Gasteiger partial charge in [-0.25, -0.2) is 0 Å². The fourth-order valence-electron chi connectivity index (χ4n) is 1.36. The average Bonchev–Trinajstić information content (AvgIpc) is 2.17. The van der Waals surface area contributed by atoms with Crippen LogP contribution in [0.5, 0.6) is 0 Å². The third-order valence-electron chi connectivity index (χ3n) is 2.35. The van der Waals surface area contributed by atoms with Crippen molar-refractivity contribution in [3.05, 3.63) is 0 Å². The minimum atomic E-state index is -0.814. The summed E-state index contributed by atoms with van der Waals surface area (Å²) in [7, 11) is 0. The van der Waals surface area contributed by atoms with Gasteiger partial charge in [0.25, 0.3) is 0 Å². The lowest BCUT2D eigenvalue weighted by Gasteiger charge is -2.20. The molecule has 0 unspecified atom stereocenters. The van der Waals surface area contributed by atoms with E-state index < -0.39 is 18.2 Å². The van der Waals surface area contributed by atoms with Crippen LogP contribution in [0.25, 0.3) is 0 Å². The fraction of sp³-hybridized carbons (Fsp3) is 1.00. The molecular weight excluding hydrogens is 182 g/mol. The zero-order valence-corrected chi connectivity index (χ0v) is 8.89. The molecule has 4 nitrogen and oxygen atoms in total. The molecule has 14 heavy (non-hydrogen) atoms.